The number of ether oxygens (including phenoxy) is 2. The molecule has 0 radical (unpaired) electrons. The highest BCUT2D eigenvalue weighted by Crippen LogP contribution is 2.41. The van der Waals surface area contributed by atoms with E-state index < -0.39 is 0 Å². The smallest absolute Gasteiger partial charge is 0.223 e. The average molecular weight is 408 g/mol. The van der Waals surface area contributed by atoms with Gasteiger partial charge in [-0.1, -0.05) is 24.3 Å². The molecule has 1 aliphatic rings. The van der Waals surface area contributed by atoms with Gasteiger partial charge in [-0.3, -0.25) is 4.79 Å². The van der Waals surface area contributed by atoms with Crippen LogP contribution in [0.2, 0.25) is 0 Å². The number of carbonyl (C=O) groups excluding carboxylic acids is 1. The SMILES string of the molecule is C=CCCC(=O)N1CCOc2c(cc(-c3csc4ccccc34)cc2OCC)C1. The second kappa shape index (κ2) is 8.70. The van der Waals surface area contributed by atoms with Gasteiger partial charge in [-0.2, -0.15) is 0 Å². The van der Waals surface area contributed by atoms with Gasteiger partial charge in [0.2, 0.25) is 5.91 Å². The van der Waals surface area contributed by atoms with Crippen molar-refractivity contribution in [2.45, 2.75) is 26.3 Å². The quantitative estimate of drug-likeness (QED) is 0.495. The molecular formula is C24H25NO3S. The van der Waals surface area contributed by atoms with E-state index in [0.717, 1.165) is 22.6 Å². The molecule has 29 heavy (non-hydrogen) atoms. The molecule has 1 aliphatic heterocycles. The van der Waals surface area contributed by atoms with Crippen molar-refractivity contribution in [3.63, 3.8) is 0 Å². The fraction of sp³-hybridized carbons (Fsp3) is 0.292. The average Bonchev–Trinajstić information content (AvgIpc) is 3.04. The molecule has 0 saturated carbocycles. The van der Waals surface area contributed by atoms with Gasteiger partial charge >= 0.3 is 0 Å². The minimum atomic E-state index is 0.130. The molecule has 3 aromatic rings. The Kier molecular flexibility index (Phi) is 5.86. The summed E-state index contributed by atoms with van der Waals surface area (Å²) in [6, 6.07) is 12.6. The van der Waals surface area contributed by atoms with E-state index >= 15 is 0 Å². The lowest BCUT2D eigenvalue weighted by atomic mass is 10.0. The number of benzene rings is 2. The Hall–Kier alpha value is -2.79. The molecule has 0 saturated heterocycles. The van der Waals surface area contributed by atoms with Gasteiger partial charge in [0.1, 0.15) is 6.61 Å². The van der Waals surface area contributed by atoms with Crippen molar-refractivity contribution < 1.29 is 14.3 Å². The Balaban J connectivity index is 1.76. The lowest BCUT2D eigenvalue weighted by Gasteiger charge is -2.20. The first-order valence-corrected chi connectivity index (χ1v) is 10.9. The van der Waals surface area contributed by atoms with Crippen molar-refractivity contribution in [1.29, 1.82) is 0 Å². The number of allylic oxidation sites excluding steroid dienone is 1. The van der Waals surface area contributed by atoms with Crippen molar-refractivity contribution in [3.05, 3.63) is 60.0 Å². The van der Waals surface area contributed by atoms with Crippen LogP contribution in [0.1, 0.15) is 25.3 Å². The van der Waals surface area contributed by atoms with Crippen molar-refractivity contribution >= 4 is 27.3 Å². The molecule has 2 aromatic carbocycles. The number of amides is 1. The van der Waals surface area contributed by atoms with Gasteiger partial charge in [-0.05, 0) is 42.5 Å². The molecule has 0 fully saturated rings. The van der Waals surface area contributed by atoms with Crippen molar-refractivity contribution in [2.75, 3.05) is 19.8 Å². The Bertz CT molecular complexity index is 1040. The lowest BCUT2D eigenvalue weighted by molar-refractivity contribution is -0.131. The standard InChI is InChI=1S/C24H25NO3S/c1-3-5-10-23(26)25-11-12-28-24-18(15-25)13-17(14-21(24)27-4-2)20-16-29-22-9-7-6-8-19(20)22/h3,6-9,13-14,16H,1,4-5,10-12,15H2,2H3. The van der Waals surface area contributed by atoms with Crippen LogP contribution in [0.4, 0.5) is 0 Å². The highest BCUT2D eigenvalue weighted by Gasteiger charge is 2.23. The van der Waals surface area contributed by atoms with Gasteiger partial charge in [-0.25, -0.2) is 0 Å². The van der Waals surface area contributed by atoms with Crippen LogP contribution in [0.15, 0.2) is 54.4 Å². The van der Waals surface area contributed by atoms with E-state index in [1.165, 1.54) is 15.6 Å². The summed E-state index contributed by atoms with van der Waals surface area (Å²) in [4.78, 5) is 14.5. The number of hydrogen-bond donors (Lipinski definition) is 0. The fourth-order valence-electron chi connectivity index (χ4n) is 3.70. The first-order chi connectivity index (χ1) is 14.2. The van der Waals surface area contributed by atoms with E-state index in [2.05, 4.69) is 48.4 Å². The summed E-state index contributed by atoms with van der Waals surface area (Å²) in [5.74, 6) is 1.63. The van der Waals surface area contributed by atoms with E-state index in [-0.39, 0.29) is 5.91 Å². The van der Waals surface area contributed by atoms with E-state index in [9.17, 15) is 4.79 Å². The lowest BCUT2D eigenvalue weighted by Crippen LogP contribution is -2.32. The molecule has 0 unspecified atom stereocenters. The molecule has 150 valence electrons. The topological polar surface area (TPSA) is 38.8 Å². The Morgan fingerprint density at radius 1 is 1.34 bits per heavy atom. The molecular weight excluding hydrogens is 382 g/mol. The molecule has 1 amide bonds. The third-order valence-electron chi connectivity index (χ3n) is 5.11. The number of carbonyl (C=O) groups is 1. The number of thiophene rings is 1. The summed E-state index contributed by atoms with van der Waals surface area (Å²) in [6.45, 7) is 7.82. The number of nitrogens with zero attached hydrogens (tertiary/aromatic N) is 1. The van der Waals surface area contributed by atoms with Gasteiger partial charge in [0, 0.05) is 34.2 Å². The molecule has 4 nitrogen and oxygen atoms in total. The molecule has 0 aliphatic carbocycles. The van der Waals surface area contributed by atoms with Gasteiger partial charge in [0.25, 0.3) is 0 Å². The van der Waals surface area contributed by atoms with Gasteiger partial charge < -0.3 is 14.4 Å². The molecule has 0 bridgehead atoms. The Labute approximate surface area is 175 Å². The number of fused-ring (bicyclic) bond motifs is 2. The van der Waals surface area contributed by atoms with Crippen molar-refractivity contribution in [1.82, 2.24) is 4.90 Å². The number of hydrogen-bond acceptors (Lipinski definition) is 4. The predicted molar refractivity (Wildman–Crippen MR) is 119 cm³/mol. The maximum Gasteiger partial charge on any atom is 0.223 e. The number of rotatable bonds is 6. The summed E-state index contributed by atoms with van der Waals surface area (Å²) >= 11 is 1.74. The van der Waals surface area contributed by atoms with Crippen molar-refractivity contribution in [3.8, 4) is 22.6 Å². The second-order valence-corrected chi connectivity index (χ2v) is 7.94. The van der Waals surface area contributed by atoms with Crippen molar-refractivity contribution in [2.24, 2.45) is 0 Å². The molecule has 4 rings (SSSR count). The van der Waals surface area contributed by atoms with Crippen LogP contribution in [0.3, 0.4) is 0 Å². The summed E-state index contributed by atoms with van der Waals surface area (Å²) in [5, 5.41) is 3.42. The van der Waals surface area contributed by atoms with Crippen LogP contribution < -0.4 is 9.47 Å². The minimum absolute atomic E-state index is 0.130. The van der Waals surface area contributed by atoms with Gasteiger partial charge in [0.15, 0.2) is 11.5 Å². The van der Waals surface area contributed by atoms with E-state index in [0.29, 0.717) is 39.1 Å². The zero-order valence-corrected chi connectivity index (χ0v) is 17.5. The summed E-state index contributed by atoms with van der Waals surface area (Å²) in [7, 11) is 0. The third kappa shape index (κ3) is 4.01. The van der Waals surface area contributed by atoms with E-state index in [4.69, 9.17) is 9.47 Å². The van der Waals surface area contributed by atoms with Crippen LogP contribution in [0.25, 0.3) is 21.2 Å². The largest absolute Gasteiger partial charge is 0.490 e. The molecule has 0 N–H and O–H groups in total. The van der Waals surface area contributed by atoms with Crippen LogP contribution in [-0.4, -0.2) is 30.6 Å². The normalized spacial score (nSPS) is 13.5. The fourth-order valence-corrected chi connectivity index (χ4v) is 4.67. The first-order valence-electron chi connectivity index (χ1n) is 9.99. The summed E-state index contributed by atoms with van der Waals surface area (Å²) in [5.41, 5.74) is 3.27. The highest BCUT2D eigenvalue weighted by atomic mass is 32.1. The van der Waals surface area contributed by atoms with E-state index in [1.54, 1.807) is 17.4 Å². The Morgan fingerprint density at radius 3 is 3.03 bits per heavy atom. The zero-order valence-electron chi connectivity index (χ0n) is 16.6. The zero-order chi connectivity index (χ0) is 20.2. The molecule has 5 heteroatoms. The maximum atomic E-state index is 12.6. The van der Waals surface area contributed by atoms with E-state index in [1.807, 2.05) is 11.8 Å². The highest BCUT2D eigenvalue weighted by molar-refractivity contribution is 7.17. The molecule has 0 atom stereocenters. The third-order valence-corrected chi connectivity index (χ3v) is 6.07. The molecule has 0 spiro atoms. The predicted octanol–water partition coefficient (Wildman–Crippen LogP) is 5.65. The second-order valence-electron chi connectivity index (χ2n) is 7.03. The monoisotopic (exact) mass is 407 g/mol. The van der Waals surface area contributed by atoms with Crippen LogP contribution in [0.5, 0.6) is 11.5 Å². The van der Waals surface area contributed by atoms with Crippen LogP contribution >= 0.6 is 11.3 Å². The summed E-state index contributed by atoms with van der Waals surface area (Å²) < 4.78 is 13.2. The molecule has 2 heterocycles. The summed E-state index contributed by atoms with van der Waals surface area (Å²) in [6.07, 6.45) is 2.95. The van der Waals surface area contributed by atoms with Gasteiger partial charge in [-0.15, -0.1) is 17.9 Å². The minimum Gasteiger partial charge on any atom is -0.490 e. The van der Waals surface area contributed by atoms with Gasteiger partial charge in [0.05, 0.1) is 13.2 Å². The Morgan fingerprint density at radius 2 is 2.21 bits per heavy atom. The molecule has 1 aromatic heterocycles. The maximum absolute atomic E-state index is 12.6. The van der Waals surface area contributed by atoms with Crippen LogP contribution in [0, 0.1) is 0 Å². The van der Waals surface area contributed by atoms with Crippen LogP contribution in [-0.2, 0) is 11.3 Å². The first kappa shape index (κ1) is 19.5.